The van der Waals surface area contributed by atoms with E-state index in [4.69, 9.17) is 29.3 Å². The molecule has 140 valence electrons. The molecular weight excluding hydrogens is 362 g/mol. The van der Waals surface area contributed by atoms with E-state index in [1.807, 2.05) is 24.3 Å². The maximum Gasteiger partial charge on any atom is 0.303 e. The molecule has 1 N–H and O–H groups in total. The molecule has 1 aliphatic heterocycles. The van der Waals surface area contributed by atoms with E-state index < -0.39 is 5.97 Å². The first-order valence-corrected chi connectivity index (χ1v) is 9.38. The van der Waals surface area contributed by atoms with Gasteiger partial charge in [0.15, 0.2) is 0 Å². The van der Waals surface area contributed by atoms with Crippen molar-refractivity contribution in [2.75, 3.05) is 20.2 Å². The second-order valence-electron chi connectivity index (χ2n) is 6.89. The van der Waals surface area contributed by atoms with Crippen molar-refractivity contribution in [3.63, 3.8) is 0 Å². The second kappa shape index (κ2) is 8.76. The Morgan fingerprint density at radius 2 is 2.07 bits per heavy atom. The number of methoxy groups -OCH3 is 1. The van der Waals surface area contributed by atoms with Crippen LogP contribution in [-0.2, 0) is 11.3 Å². The van der Waals surface area contributed by atoms with Crippen molar-refractivity contribution in [3.8, 4) is 17.1 Å². The number of aromatic nitrogens is 1. The average Bonchev–Trinajstić information content (AvgIpc) is 2.65. The lowest BCUT2D eigenvalue weighted by Crippen LogP contribution is -2.34. The van der Waals surface area contributed by atoms with E-state index >= 15 is 0 Å². The Kier molecular flexibility index (Phi) is 6.40. The summed E-state index contributed by atoms with van der Waals surface area (Å²) >= 11 is 6.31. The molecular formula is C20H22BClN2O3. The highest BCUT2D eigenvalue weighted by molar-refractivity contribution is 6.46. The number of ether oxygens (including phenoxy) is 1. The zero-order valence-corrected chi connectivity index (χ0v) is 16.1. The Labute approximate surface area is 165 Å². The molecule has 0 bridgehead atoms. The number of carboxylic acids is 1. The van der Waals surface area contributed by atoms with Crippen LogP contribution in [0.15, 0.2) is 30.3 Å². The molecule has 0 amide bonds. The number of nitrogens with zero attached hydrogens (tertiary/aromatic N) is 2. The van der Waals surface area contributed by atoms with E-state index in [2.05, 4.69) is 9.88 Å². The van der Waals surface area contributed by atoms with Crippen molar-refractivity contribution >= 4 is 30.9 Å². The van der Waals surface area contributed by atoms with Gasteiger partial charge in [-0.25, -0.2) is 4.98 Å². The first kappa shape index (κ1) is 19.7. The van der Waals surface area contributed by atoms with Crippen molar-refractivity contribution in [1.29, 1.82) is 0 Å². The number of hydrogen-bond donors (Lipinski definition) is 1. The number of halogens is 1. The molecule has 5 nitrogen and oxygen atoms in total. The number of piperidine rings is 1. The Morgan fingerprint density at radius 1 is 1.33 bits per heavy atom. The molecule has 1 saturated heterocycles. The number of carbonyl (C=O) groups is 1. The lowest BCUT2D eigenvalue weighted by molar-refractivity contribution is -0.138. The Morgan fingerprint density at radius 3 is 2.74 bits per heavy atom. The van der Waals surface area contributed by atoms with E-state index in [9.17, 15) is 4.79 Å². The largest absolute Gasteiger partial charge is 0.481 e. The summed E-state index contributed by atoms with van der Waals surface area (Å²) in [7, 11) is 7.50. The zero-order chi connectivity index (χ0) is 19.4. The first-order valence-electron chi connectivity index (χ1n) is 9.00. The topological polar surface area (TPSA) is 62.7 Å². The zero-order valence-electron chi connectivity index (χ0n) is 15.3. The summed E-state index contributed by atoms with van der Waals surface area (Å²) in [6.45, 7) is 2.48. The molecule has 27 heavy (non-hydrogen) atoms. The lowest BCUT2D eigenvalue weighted by atomic mass is 9.93. The van der Waals surface area contributed by atoms with Crippen LogP contribution in [-0.4, -0.2) is 49.0 Å². The summed E-state index contributed by atoms with van der Waals surface area (Å²) in [5.41, 5.74) is 3.00. The first-order chi connectivity index (χ1) is 13.0. The van der Waals surface area contributed by atoms with Gasteiger partial charge in [-0.15, -0.1) is 0 Å². The normalized spacial score (nSPS) is 15.6. The molecule has 0 unspecified atom stereocenters. The molecule has 1 fully saturated rings. The third kappa shape index (κ3) is 4.82. The van der Waals surface area contributed by atoms with Gasteiger partial charge in [0.05, 0.1) is 12.8 Å². The number of hydrogen-bond acceptors (Lipinski definition) is 4. The molecule has 0 aliphatic carbocycles. The quantitative estimate of drug-likeness (QED) is 0.776. The number of rotatable bonds is 6. The molecule has 1 aromatic heterocycles. The lowest BCUT2D eigenvalue weighted by Gasteiger charge is -2.31. The van der Waals surface area contributed by atoms with E-state index in [0.717, 1.165) is 43.6 Å². The van der Waals surface area contributed by atoms with Crippen LogP contribution in [0.3, 0.4) is 0 Å². The summed E-state index contributed by atoms with van der Waals surface area (Å²) in [6, 6.07) is 9.42. The van der Waals surface area contributed by atoms with Gasteiger partial charge >= 0.3 is 5.97 Å². The number of benzene rings is 1. The highest BCUT2D eigenvalue weighted by atomic mass is 35.5. The molecule has 7 heteroatoms. The average molecular weight is 385 g/mol. The van der Waals surface area contributed by atoms with Gasteiger partial charge in [-0.1, -0.05) is 41.3 Å². The summed E-state index contributed by atoms with van der Waals surface area (Å²) in [5.74, 6) is 0.126. The number of carboxylic acid groups (broad SMARTS) is 1. The maximum absolute atomic E-state index is 10.9. The van der Waals surface area contributed by atoms with Crippen molar-refractivity contribution in [2.45, 2.75) is 25.8 Å². The van der Waals surface area contributed by atoms with Crippen LogP contribution in [0.1, 0.15) is 24.8 Å². The summed E-state index contributed by atoms with van der Waals surface area (Å²) in [5, 5.41) is 9.42. The van der Waals surface area contributed by atoms with Gasteiger partial charge in [0.2, 0.25) is 5.88 Å². The summed E-state index contributed by atoms with van der Waals surface area (Å²) in [4.78, 5) is 17.8. The molecule has 0 spiro atoms. The number of likely N-dealkylation sites (tertiary alicyclic amines) is 1. The molecule has 2 radical (unpaired) electrons. The SMILES string of the molecule is [B]c1cccc(-c2ccc(CN3CCC(CC(=O)O)CC3)c(OC)n2)c1Cl. The van der Waals surface area contributed by atoms with Crippen LogP contribution < -0.4 is 10.2 Å². The molecule has 2 aromatic rings. The van der Waals surface area contributed by atoms with Gasteiger partial charge in [-0.05, 0) is 37.9 Å². The minimum Gasteiger partial charge on any atom is -0.481 e. The van der Waals surface area contributed by atoms with E-state index in [0.29, 0.717) is 22.1 Å². The van der Waals surface area contributed by atoms with Crippen LogP contribution >= 0.6 is 11.6 Å². The van der Waals surface area contributed by atoms with Gasteiger partial charge in [0.1, 0.15) is 7.85 Å². The number of aliphatic carboxylic acids is 1. The minimum absolute atomic E-state index is 0.258. The van der Waals surface area contributed by atoms with Gasteiger partial charge in [-0.3, -0.25) is 9.69 Å². The minimum atomic E-state index is -0.713. The van der Waals surface area contributed by atoms with E-state index in [1.165, 1.54) is 0 Å². The predicted octanol–water partition coefficient (Wildman–Crippen LogP) is 2.89. The van der Waals surface area contributed by atoms with Crippen molar-refractivity contribution < 1.29 is 14.6 Å². The third-order valence-corrected chi connectivity index (χ3v) is 5.42. The predicted molar refractivity (Wildman–Crippen MR) is 107 cm³/mol. The fraction of sp³-hybridized carbons (Fsp3) is 0.400. The molecule has 3 rings (SSSR count). The smallest absolute Gasteiger partial charge is 0.303 e. The monoisotopic (exact) mass is 384 g/mol. The molecule has 2 heterocycles. The fourth-order valence-electron chi connectivity index (χ4n) is 3.50. The highest BCUT2D eigenvalue weighted by Gasteiger charge is 2.22. The standard InChI is InChI=1S/C20H22BClN2O3/c1-27-20-14(12-24-9-7-13(8-10-24)11-18(25)26)5-6-17(23-20)15-3-2-4-16(21)19(15)22/h2-6,13H,7-12H2,1H3,(H,25,26). The van der Waals surface area contributed by atoms with Gasteiger partial charge in [-0.2, -0.15) is 0 Å². The van der Waals surface area contributed by atoms with Crippen LogP contribution in [0.25, 0.3) is 11.3 Å². The molecule has 1 aliphatic rings. The Bertz CT molecular complexity index is 823. The summed E-state index contributed by atoms with van der Waals surface area (Å²) in [6.07, 6.45) is 2.06. The van der Waals surface area contributed by atoms with Crippen LogP contribution in [0.4, 0.5) is 0 Å². The van der Waals surface area contributed by atoms with Crippen molar-refractivity contribution in [1.82, 2.24) is 9.88 Å². The van der Waals surface area contributed by atoms with Crippen LogP contribution in [0.5, 0.6) is 5.88 Å². The fourth-order valence-corrected chi connectivity index (χ4v) is 3.72. The Hall–Kier alpha value is -2.05. The van der Waals surface area contributed by atoms with Gasteiger partial charge in [0, 0.05) is 29.1 Å². The molecule has 1 aromatic carbocycles. The molecule has 0 saturated carbocycles. The number of pyridine rings is 1. The Balaban J connectivity index is 1.72. The van der Waals surface area contributed by atoms with Crippen molar-refractivity contribution in [3.05, 3.63) is 40.9 Å². The maximum atomic E-state index is 10.9. The van der Waals surface area contributed by atoms with Gasteiger partial charge < -0.3 is 9.84 Å². The highest BCUT2D eigenvalue weighted by Crippen LogP contribution is 2.29. The van der Waals surface area contributed by atoms with E-state index in [-0.39, 0.29) is 12.3 Å². The van der Waals surface area contributed by atoms with E-state index in [1.54, 1.807) is 13.2 Å². The summed E-state index contributed by atoms with van der Waals surface area (Å²) < 4.78 is 5.50. The third-order valence-electron chi connectivity index (χ3n) is 5.00. The second-order valence-corrected chi connectivity index (χ2v) is 7.27. The van der Waals surface area contributed by atoms with Gasteiger partial charge in [0.25, 0.3) is 0 Å². The van der Waals surface area contributed by atoms with Crippen LogP contribution in [0.2, 0.25) is 5.02 Å². The molecule has 0 atom stereocenters. The van der Waals surface area contributed by atoms with Crippen LogP contribution in [0, 0.1) is 5.92 Å². The van der Waals surface area contributed by atoms with Crippen molar-refractivity contribution in [2.24, 2.45) is 5.92 Å².